The van der Waals surface area contributed by atoms with Crippen molar-refractivity contribution in [3.8, 4) is 0 Å². The smallest absolute Gasteiger partial charge is 0.380 e. The van der Waals surface area contributed by atoms with Crippen LogP contribution in [0.15, 0.2) is 21.9 Å². The summed E-state index contributed by atoms with van der Waals surface area (Å²) in [6.45, 7) is 0.333. The fraction of sp³-hybridized carbons (Fsp3) is 0.600. The molecule has 2 heterocycles. The van der Waals surface area contributed by atoms with Gasteiger partial charge in [0, 0.05) is 18.7 Å². The van der Waals surface area contributed by atoms with Gasteiger partial charge in [-0.25, -0.2) is 9.18 Å². The lowest BCUT2D eigenvalue weighted by molar-refractivity contribution is -0.181. The standard InChI is InChI=1S/C10H12Cl2FN2O6P/c1-9(18)4-10(13,5-20-22(11,12)19)21-7(9)15-3-2-6(16)14-8(15)17/h2-3,7,18H,4-5H2,1H3,(H,14,16,17)/t7-,9-,10+/m1/s1. The summed E-state index contributed by atoms with van der Waals surface area (Å²) in [5, 5.41) is 10.3. The fourth-order valence-electron chi connectivity index (χ4n) is 2.22. The first-order chi connectivity index (χ1) is 9.92. The molecule has 1 fully saturated rings. The van der Waals surface area contributed by atoms with Crippen LogP contribution in [-0.2, 0) is 13.8 Å². The van der Waals surface area contributed by atoms with E-state index in [2.05, 4.69) is 4.52 Å². The van der Waals surface area contributed by atoms with E-state index < -0.39 is 48.0 Å². The molecule has 12 heteroatoms. The van der Waals surface area contributed by atoms with Crippen LogP contribution in [0.3, 0.4) is 0 Å². The molecule has 0 bridgehead atoms. The summed E-state index contributed by atoms with van der Waals surface area (Å²) in [5.41, 5.74) is -3.34. The average molecular weight is 377 g/mol. The van der Waals surface area contributed by atoms with Gasteiger partial charge >= 0.3 is 11.8 Å². The van der Waals surface area contributed by atoms with Crippen LogP contribution in [0, 0.1) is 0 Å². The quantitative estimate of drug-likeness (QED) is 0.769. The Hall–Kier alpha value is -0.700. The number of alkyl halides is 1. The lowest BCUT2D eigenvalue weighted by Gasteiger charge is -2.24. The normalized spacial score (nSPS) is 32.3. The molecule has 2 N–H and O–H groups in total. The number of H-pyrrole nitrogens is 1. The monoisotopic (exact) mass is 376 g/mol. The minimum Gasteiger partial charge on any atom is -0.385 e. The summed E-state index contributed by atoms with van der Waals surface area (Å²) in [4.78, 5) is 24.7. The molecule has 8 nitrogen and oxygen atoms in total. The van der Waals surface area contributed by atoms with Gasteiger partial charge in [0.05, 0.1) is 0 Å². The van der Waals surface area contributed by atoms with Gasteiger partial charge in [-0.2, -0.15) is 0 Å². The van der Waals surface area contributed by atoms with Crippen LogP contribution in [0.5, 0.6) is 0 Å². The molecule has 0 saturated carbocycles. The number of aliphatic hydroxyl groups is 1. The first-order valence-corrected chi connectivity index (χ1v) is 9.40. The maximum absolute atomic E-state index is 14.6. The van der Waals surface area contributed by atoms with Crippen LogP contribution in [0.25, 0.3) is 0 Å². The summed E-state index contributed by atoms with van der Waals surface area (Å²) >= 11 is 10.3. The van der Waals surface area contributed by atoms with Gasteiger partial charge in [-0.1, -0.05) is 0 Å². The van der Waals surface area contributed by atoms with E-state index in [9.17, 15) is 23.7 Å². The van der Waals surface area contributed by atoms with Crippen molar-refractivity contribution in [2.24, 2.45) is 0 Å². The topological polar surface area (TPSA) is 111 Å². The van der Waals surface area contributed by atoms with Crippen molar-refractivity contribution in [2.75, 3.05) is 6.61 Å². The number of hydrogen-bond acceptors (Lipinski definition) is 6. The maximum Gasteiger partial charge on any atom is 0.380 e. The molecule has 0 aromatic carbocycles. The first kappa shape index (κ1) is 17.7. The number of halogens is 3. The van der Waals surface area contributed by atoms with Crippen LogP contribution in [0.1, 0.15) is 19.6 Å². The van der Waals surface area contributed by atoms with Crippen molar-refractivity contribution in [1.29, 1.82) is 0 Å². The molecular weight excluding hydrogens is 365 g/mol. The van der Waals surface area contributed by atoms with Crippen molar-refractivity contribution in [1.82, 2.24) is 9.55 Å². The Balaban J connectivity index is 2.29. The Kier molecular flexibility index (Phi) is 4.60. The number of ether oxygens (including phenoxy) is 1. The third-order valence-corrected chi connectivity index (χ3v) is 4.03. The molecule has 1 aliphatic rings. The zero-order chi connectivity index (χ0) is 16.8. The highest BCUT2D eigenvalue weighted by molar-refractivity contribution is 8.05. The van der Waals surface area contributed by atoms with Crippen molar-refractivity contribution in [3.05, 3.63) is 33.1 Å². The molecule has 0 unspecified atom stereocenters. The van der Waals surface area contributed by atoms with Gasteiger partial charge in [0.1, 0.15) is 12.2 Å². The van der Waals surface area contributed by atoms with Crippen molar-refractivity contribution in [2.45, 2.75) is 31.0 Å². The number of hydrogen-bond donors (Lipinski definition) is 2. The van der Waals surface area contributed by atoms with Gasteiger partial charge in [0.2, 0.25) is 5.85 Å². The Morgan fingerprint density at radius 1 is 1.64 bits per heavy atom. The zero-order valence-electron chi connectivity index (χ0n) is 11.2. The summed E-state index contributed by atoms with van der Waals surface area (Å²) < 4.78 is 35.9. The molecule has 0 spiro atoms. The SMILES string of the molecule is C[C@@]1(O)C[C@@](F)(COP(=O)(Cl)Cl)O[C@H]1n1ccc(=O)[nH]c1=O. The second-order valence-corrected chi connectivity index (χ2v) is 9.37. The van der Waals surface area contributed by atoms with Crippen molar-refractivity contribution in [3.63, 3.8) is 0 Å². The van der Waals surface area contributed by atoms with E-state index in [1.54, 1.807) is 0 Å². The van der Waals surface area contributed by atoms with Crippen molar-refractivity contribution < 1.29 is 23.3 Å². The molecular formula is C10H12Cl2FN2O6P. The van der Waals surface area contributed by atoms with E-state index in [0.717, 1.165) is 16.8 Å². The summed E-state index contributed by atoms with van der Waals surface area (Å²) in [5.74, 6) is -2.57. The summed E-state index contributed by atoms with van der Waals surface area (Å²) in [6.07, 6.45) is -4.96. The van der Waals surface area contributed by atoms with Gasteiger partial charge in [-0.05, 0) is 29.4 Å². The first-order valence-electron chi connectivity index (χ1n) is 5.96. The number of rotatable bonds is 4. The molecule has 1 saturated heterocycles. The highest BCUT2D eigenvalue weighted by Crippen LogP contribution is 2.59. The second kappa shape index (κ2) is 5.74. The predicted octanol–water partition coefficient (Wildman–Crippen LogP) is 1.47. The Bertz CT molecular complexity index is 731. The van der Waals surface area contributed by atoms with E-state index in [-0.39, 0.29) is 0 Å². The zero-order valence-corrected chi connectivity index (χ0v) is 13.6. The van der Waals surface area contributed by atoms with Crippen LogP contribution in [-0.4, -0.2) is 32.7 Å². The number of nitrogens with zero attached hydrogens (tertiary/aromatic N) is 1. The summed E-state index contributed by atoms with van der Waals surface area (Å²) in [6, 6.07) is 1.02. The summed E-state index contributed by atoms with van der Waals surface area (Å²) in [7, 11) is 0. The largest absolute Gasteiger partial charge is 0.385 e. The lowest BCUT2D eigenvalue weighted by atomic mass is 9.99. The predicted molar refractivity (Wildman–Crippen MR) is 75.8 cm³/mol. The molecule has 1 aromatic heterocycles. The number of aromatic nitrogens is 2. The minimum atomic E-state index is -3.98. The second-order valence-electron chi connectivity index (χ2n) is 5.09. The molecule has 1 aliphatic heterocycles. The molecule has 22 heavy (non-hydrogen) atoms. The van der Waals surface area contributed by atoms with Crippen LogP contribution in [0.2, 0.25) is 0 Å². The van der Waals surface area contributed by atoms with Gasteiger partial charge in [0.25, 0.3) is 5.56 Å². The fourth-order valence-corrected chi connectivity index (χ4v) is 2.85. The van der Waals surface area contributed by atoms with E-state index in [1.807, 2.05) is 4.98 Å². The van der Waals surface area contributed by atoms with Crippen LogP contribution in [0.4, 0.5) is 4.39 Å². The molecule has 0 radical (unpaired) electrons. The third-order valence-electron chi connectivity index (χ3n) is 3.01. The molecule has 124 valence electrons. The Morgan fingerprint density at radius 3 is 2.82 bits per heavy atom. The van der Waals surface area contributed by atoms with E-state index in [0.29, 0.717) is 0 Å². The average Bonchev–Trinajstić information content (AvgIpc) is 2.57. The van der Waals surface area contributed by atoms with Gasteiger partial charge in [-0.3, -0.25) is 18.9 Å². The lowest BCUT2D eigenvalue weighted by Crippen LogP contribution is -2.40. The molecule has 2 rings (SSSR count). The molecule has 0 aliphatic carbocycles. The molecule has 3 atom stereocenters. The third kappa shape index (κ3) is 3.98. The van der Waals surface area contributed by atoms with Crippen LogP contribution < -0.4 is 11.2 Å². The number of nitrogens with one attached hydrogen (secondary N) is 1. The van der Waals surface area contributed by atoms with E-state index in [4.69, 9.17) is 27.2 Å². The van der Waals surface area contributed by atoms with Crippen molar-refractivity contribution >= 4 is 28.6 Å². The van der Waals surface area contributed by atoms with Crippen LogP contribution >= 0.6 is 28.6 Å². The molecule has 0 amide bonds. The highest BCUT2D eigenvalue weighted by atomic mass is 35.9. The van der Waals surface area contributed by atoms with Gasteiger partial charge in [-0.15, -0.1) is 0 Å². The Labute approximate surface area is 132 Å². The number of aromatic amines is 1. The van der Waals surface area contributed by atoms with E-state index >= 15 is 0 Å². The minimum absolute atomic E-state index is 0.593. The van der Waals surface area contributed by atoms with Gasteiger partial charge < -0.3 is 14.4 Å². The Morgan fingerprint density at radius 2 is 2.27 bits per heavy atom. The maximum atomic E-state index is 14.6. The van der Waals surface area contributed by atoms with E-state index in [1.165, 1.54) is 6.92 Å². The molecule has 1 aromatic rings. The highest BCUT2D eigenvalue weighted by Gasteiger charge is 2.55. The van der Waals surface area contributed by atoms with Gasteiger partial charge in [0.15, 0.2) is 6.23 Å².